The van der Waals surface area contributed by atoms with Crippen molar-refractivity contribution in [3.05, 3.63) is 71.0 Å². The summed E-state index contributed by atoms with van der Waals surface area (Å²) in [6.07, 6.45) is 4.41. The number of hydrogen-bond acceptors (Lipinski definition) is 5. The average molecular weight is 377 g/mol. The number of rotatable bonds is 3. The van der Waals surface area contributed by atoms with Crippen molar-refractivity contribution in [2.24, 2.45) is 7.05 Å². The fourth-order valence-corrected chi connectivity index (χ4v) is 4.32. The van der Waals surface area contributed by atoms with Crippen molar-refractivity contribution in [2.45, 2.75) is 18.5 Å². The Morgan fingerprint density at radius 3 is 2.36 bits per heavy atom. The van der Waals surface area contributed by atoms with Crippen LogP contribution in [-0.2, 0) is 7.05 Å². The van der Waals surface area contributed by atoms with Crippen molar-refractivity contribution in [2.75, 3.05) is 22.9 Å². The lowest BCUT2D eigenvalue weighted by atomic mass is 10.2. The number of fused-ring (bicyclic) bond motifs is 2. The minimum absolute atomic E-state index is 0.0741. The molecular weight excluding hydrogens is 357 g/mol. The summed E-state index contributed by atoms with van der Waals surface area (Å²) in [7, 11) is 1.77. The van der Waals surface area contributed by atoms with E-state index in [-0.39, 0.29) is 17.4 Å². The summed E-state index contributed by atoms with van der Waals surface area (Å²) in [5.41, 5.74) is 2.51. The molecule has 142 valence electrons. The lowest BCUT2D eigenvalue weighted by Crippen LogP contribution is -2.48. The quantitative estimate of drug-likeness (QED) is 0.702. The summed E-state index contributed by atoms with van der Waals surface area (Å²) in [5, 5.41) is 0. The summed E-state index contributed by atoms with van der Waals surface area (Å²) in [6, 6.07) is 12.6. The van der Waals surface area contributed by atoms with Gasteiger partial charge in [-0.25, -0.2) is 9.37 Å². The largest absolute Gasteiger partial charge is 0.365 e. The predicted octanol–water partition coefficient (Wildman–Crippen LogP) is 2.45. The Hall–Kier alpha value is -3.22. The van der Waals surface area contributed by atoms with E-state index < -0.39 is 0 Å². The topological polar surface area (TPSA) is 54.3 Å². The zero-order valence-electron chi connectivity index (χ0n) is 15.5. The van der Waals surface area contributed by atoms with E-state index in [4.69, 9.17) is 4.98 Å². The molecule has 0 N–H and O–H groups in total. The summed E-state index contributed by atoms with van der Waals surface area (Å²) < 4.78 is 14.9. The molecule has 7 heteroatoms. The van der Waals surface area contributed by atoms with Crippen LogP contribution in [0.1, 0.15) is 6.42 Å². The van der Waals surface area contributed by atoms with E-state index in [2.05, 4.69) is 14.8 Å². The van der Waals surface area contributed by atoms with Crippen LogP contribution in [0.15, 0.2) is 59.7 Å². The number of halogens is 1. The number of hydrogen-bond donors (Lipinski definition) is 0. The molecule has 2 aliphatic heterocycles. The van der Waals surface area contributed by atoms with Gasteiger partial charge < -0.3 is 9.80 Å². The first-order chi connectivity index (χ1) is 13.6. The van der Waals surface area contributed by atoms with Crippen LogP contribution in [0.3, 0.4) is 0 Å². The first kappa shape index (κ1) is 16.9. The first-order valence-corrected chi connectivity index (χ1v) is 9.37. The van der Waals surface area contributed by atoms with Crippen molar-refractivity contribution in [3.63, 3.8) is 0 Å². The fraction of sp³-hybridized carbons (Fsp3) is 0.286. The molecular formula is C21H20FN5O. The third-order valence-corrected chi connectivity index (χ3v) is 5.74. The summed E-state index contributed by atoms with van der Waals surface area (Å²) in [6.45, 7) is 1.63. The van der Waals surface area contributed by atoms with Crippen LogP contribution in [0.5, 0.6) is 0 Å². The molecule has 1 aromatic carbocycles. The summed E-state index contributed by atoms with van der Waals surface area (Å²) in [5.74, 6) is 0.479. The molecule has 0 saturated carbocycles. The van der Waals surface area contributed by atoms with Crippen LogP contribution in [-0.4, -0.2) is 39.7 Å². The highest BCUT2D eigenvalue weighted by atomic mass is 19.1. The van der Waals surface area contributed by atoms with E-state index in [1.54, 1.807) is 30.1 Å². The van der Waals surface area contributed by atoms with E-state index in [0.29, 0.717) is 17.7 Å². The Balaban J connectivity index is 1.45. The maximum absolute atomic E-state index is 13.2. The van der Waals surface area contributed by atoms with Gasteiger partial charge >= 0.3 is 0 Å². The molecule has 1 unspecified atom stereocenters. The van der Waals surface area contributed by atoms with Crippen molar-refractivity contribution >= 4 is 11.6 Å². The lowest BCUT2D eigenvalue weighted by molar-refractivity contribution is 0.611. The Kier molecular flexibility index (Phi) is 3.89. The van der Waals surface area contributed by atoms with Gasteiger partial charge in [-0.15, -0.1) is 0 Å². The number of piperazine rings is 1. The second-order valence-corrected chi connectivity index (χ2v) is 7.40. The maximum atomic E-state index is 13.2. The number of anilines is 2. The van der Waals surface area contributed by atoms with Crippen LogP contribution >= 0.6 is 0 Å². The van der Waals surface area contributed by atoms with Gasteiger partial charge in [-0.2, -0.15) is 0 Å². The number of pyridine rings is 1. The van der Waals surface area contributed by atoms with Crippen LogP contribution in [0.4, 0.5) is 16.0 Å². The molecule has 2 fully saturated rings. The van der Waals surface area contributed by atoms with E-state index >= 15 is 0 Å². The molecule has 0 spiro atoms. The molecule has 4 heterocycles. The second-order valence-electron chi connectivity index (χ2n) is 7.40. The number of nitrogens with zero attached hydrogens (tertiary/aromatic N) is 5. The molecule has 2 bridgehead atoms. The molecule has 2 saturated heterocycles. The van der Waals surface area contributed by atoms with Gasteiger partial charge in [0, 0.05) is 55.9 Å². The molecule has 5 rings (SSSR count). The molecule has 0 radical (unpaired) electrons. The Bertz CT molecular complexity index is 1070. The van der Waals surface area contributed by atoms with E-state index in [9.17, 15) is 9.18 Å². The highest BCUT2D eigenvalue weighted by Crippen LogP contribution is 2.36. The molecule has 3 aromatic rings. The van der Waals surface area contributed by atoms with Crippen molar-refractivity contribution in [3.8, 4) is 11.3 Å². The van der Waals surface area contributed by atoms with Gasteiger partial charge in [0.05, 0.1) is 11.7 Å². The van der Waals surface area contributed by atoms with E-state index in [0.717, 1.165) is 30.8 Å². The first-order valence-electron chi connectivity index (χ1n) is 9.37. The smallest absolute Gasteiger partial charge is 0.255 e. The van der Waals surface area contributed by atoms with Gasteiger partial charge in [-0.3, -0.25) is 14.3 Å². The number of aromatic nitrogens is 3. The van der Waals surface area contributed by atoms with Crippen LogP contribution in [0.2, 0.25) is 0 Å². The second kappa shape index (κ2) is 6.44. The zero-order chi connectivity index (χ0) is 19.3. The van der Waals surface area contributed by atoms with Gasteiger partial charge in [0.1, 0.15) is 5.82 Å². The molecule has 2 aromatic heterocycles. The minimum Gasteiger partial charge on any atom is -0.365 e. The Labute approximate surface area is 161 Å². The lowest BCUT2D eigenvalue weighted by Gasteiger charge is -2.36. The molecule has 2 atom stereocenters. The van der Waals surface area contributed by atoms with Crippen LogP contribution in [0.25, 0.3) is 11.3 Å². The fourth-order valence-electron chi connectivity index (χ4n) is 4.32. The van der Waals surface area contributed by atoms with Gasteiger partial charge in [-0.05, 0) is 42.8 Å². The van der Waals surface area contributed by atoms with Crippen LogP contribution < -0.4 is 15.4 Å². The molecule has 6 nitrogen and oxygen atoms in total. The third kappa shape index (κ3) is 2.74. The monoisotopic (exact) mass is 377 g/mol. The van der Waals surface area contributed by atoms with E-state index in [1.165, 1.54) is 12.1 Å². The predicted molar refractivity (Wildman–Crippen MR) is 106 cm³/mol. The average Bonchev–Trinajstić information content (AvgIpc) is 3.32. The molecule has 28 heavy (non-hydrogen) atoms. The van der Waals surface area contributed by atoms with Crippen molar-refractivity contribution < 1.29 is 4.39 Å². The highest BCUT2D eigenvalue weighted by Gasteiger charge is 2.44. The van der Waals surface area contributed by atoms with Gasteiger partial charge in [-0.1, -0.05) is 0 Å². The molecule has 0 aliphatic carbocycles. The number of benzene rings is 1. The minimum atomic E-state index is -0.221. The van der Waals surface area contributed by atoms with Crippen molar-refractivity contribution in [1.29, 1.82) is 0 Å². The van der Waals surface area contributed by atoms with Crippen molar-refractivity contribution in [1.82, 2.24) is 14.5 Å². The van der Waals surface area contributed by atoms with E-state index in [1.807, 2.05) is 24.3 Å². The Morgan fingerprint density at radius 2 is 1.68 bits per heavy atom. The third-order valence-electron chi connectivity index (χ3n) is 5.74. The SMILES string of the molecule is Cn1c(N2CC3C[C@H]2CN3c2ccc(F)cc2)nc(-c2ccncc2)cc1=O. The highest BCUT2D eigenvalue weighted by molar-refractivity contribution is 5.61. The normalized spacial score (nSPS) is 20.8. The molecule has 0 amide bonds. The summed E-state index contributed by atoms with van der Waals surface area (Å²) in [4.78, 5) is 25.9. The zero-order valence-corrected chi connectivity index (χ0v) is 15.5. The summed E-state index contributed by atoms with van der Waals surface area (Å²) >= 11 is 0. The van der Waals surface area contributed by atoms with Crippen LogP contribution in [0, 0.1) is 5.82 Å². The Morgan fingerprint density at radius 1 is 1.00 bits per heavy atom. The van der Waals surface area contributed by atoms with Gasteiger partial charge in [0.2, 0.25) is 5.95 Å². The standard InChI is InChI=1S/C21H20FN5O/c1-25-20(28)11-19(14-6-8-23-9-7-14)24-21(25)27-13-17-10-18(27)12-26(17)16-4-2-15(22)3-5-16/h2-9,11,17-18H,10,12-13H2,1H3/t17?,18-/m0/s1. The van der Waals surface area contributed by atoms with Gasteiger partial charge in [0.25, 0.3) is 5.56 Å². The van der Waals surface area contributed by atoms with Gasteiger partial charge in [0.15, 0.2) is 0 Å². The molecule has 2 aliphatic rings. The maximum Gasteiger partial charge on any atom is 0.255 e.